The van der Waals surface area contributed by atoms with Gasteiger partial charge < -0.3 is 10.2 Å². The van der Waals surface area contributed by atoms with Crippen LogP contribution in [0.2, 0.25) is 5.02 Å². The van der Waals surface area contributed by atoms with Crippen LogP contribution in [0.15, 0.2) is 53.4 Å². The Labute approximate surface area is 190 Å². The lowest BCUT2D eigenvalue weighted by Gasteiger charge is -2.34. The SMILES string of the molecule is C[C@H]1C[C@H](C)CN(CCCNC(=O)c2ccc(NS(=O)(=O)c3ccccc3)c(Cl)c2)C1. The van der Waals surface area contributed by atoms with E-state index in [2.05, 4.69) is 28.8 Å². The van der Waals surface area contributed by atoms with Gasteiger partial charge >= 0.3 is 0 Å². The van der Waals surface area contributed by atoms with Crippen LogP contribution in [0.4, 0.5) is 5.69 Å². The van der Waals surface area contributed by atoms with E-state index in [0.29, 0.717) is 12.1 Å². The molecule has 0 radical (unpaired) electrons. The topological polar surface area (TPSA) is 78.5 Å². The van der Waals surface area contributed by atoms with Gasteiger partial charge in [0.15, 0.2) is 0 Å². The molecule has 0 unspecified atom stereocenters. The average Bonchev–Trinajstić information content (AvgIpc) is 2.72. The fraction of sp³-hybridized carbons (Fsp3) is 0.435. The number of hydrogen-bond donors (Lipinski definition) is 2. The molecule has 0 aliphatic carbocycles. The van der Waals surface area contributed by atoms with Crippen LogP contribution in [0.1, 0.15) is 37.0 Å². The van der Waals surface area contributed by atoms with Crippen molar-refractivity contribution in [3.63, 3.8) is 0 Å². The number of anilines is 1. The summed E-state index contributed by atoms with van der Waals surface area (Å²) in [6.45, 7) is 8.37. The summed E-state index contributed by atoms with van der Waals surface area (Å²) < 4.78 is 27.4. The van der Waals surface area contributed by atoms with Crippen LogP contribution in [0, 0.1) is 11.8 Å². The second-order valence-electron chi connectivity index (χ2n) is 8.43. The number of hydrogen-bond acceptors (Lipinski definition) is 4. The lowest BCUT2D eigenvalue weighted by atomic mass is 9.92. The maximum Gasteiger partial charge on any atom is 0.261 e. The molecule has 2 aromatic rings. The Morgan fingerprint density at radius 1 is 1.10 bits per heavy atom. The highest BCUT2D eigenvalue weighted by atomic mass is 35.5. The second-order valence-corrected chi connectivity index (χ2v) is 10.5. The Morgan fingerprint density at radius 2 is 1.77 bits per heavy atom. The van der Waals surface area contributed by atoms with E-state index in [9.17, 15) is 13.2 Å². The van der Waals surface area contributed by atoms with Crippen molar-refractivity contribution in [3.8, 4) is 0 Å². The molecule has 8 heteroatoms. The quantitative estimate of drug-likeness (QED) is 0.574. The molecule has 2 aromatic carbocycles. The maximum absolute atomic E-state index is 12.5. The fourth-order valence-electron chi connectivity index (χ4n) is 4.12. The number of nitrogens with zero attached hydrogens (tertiary/aromatic N) is 1. The Kier molecular flexibility index (Phi) is 7.97. The molecule has 1 aliphatic rings. The van der Waals surface area contributed by atoms with Gasteiger partial charge in [-0.25, -0.2) is 8.42 Å². The fourth-order valence-corrected chi connectivity index (χ4v) is 5.51. The molecule has 6 nitrogen and oxygen atoms in total. The number of likely N-dealkylation sites (tertiary alicyclic amines) is 1. The van der Waals surface area contributed by atoms with Crippen LogP contribution < -0.4 is 10.0 Å². The Hall–Kier alpha value is -2.09. The zero-order valence-corrected chi connectivity index (χ0v) is 19.5. The number of halogens is 1. The van der Waals surface area contributed by atoms with Gasteiger partial charge in [-0.15, -0.1) is 0 Å². The summed E-state index contributed by atoms with van der Waals surface area (Å²) in [5, 5.41) is 3.09. The minimum absolute atomic E-state index is 0.144. The molecule has 1 amide bonds. The monoisotopic (exact) mass is 463 g/mol. The first-order valence-corrected chi connectivity index (χ1v) is 12.5. The lowest BCUT2D eigenvalue weighted by molar-refractivity contribution is 0.0947. The summed E-state index contributed by atoms with van der Waals surface area (Å²) in [6.07, 6.45) is 2.17. The molecular formula is C23H30ClN3O3S. The number of carbonyl (C=O) groups excluding carboxylic acids is 1. The molecule has 1 saturated heterocycles. The third kappa shape index (κ3) is 6.69. The number of nitrogens with one attached hydrogen (secondary N) is 2. The molecule has 2 atom stereocenters. The highest BCUT2D eigenvalue weighted by Crippen LogP contribution is 2.26. The molecule has 0 aromatic heterocycles. The molecule has 31 heavy (non-hydrogen) atoms. The minimum atomic E-state index is -3.74. The van der Waals surface area contributed by atoms with Crippen molar-refractivity contribution in [2.24, 2.45) is 11.8 Å². The number of sulfonamides is 1. The minimum Gasteiger partial charge on any atom is -0.352 e. The van der Waals surface area contributed by atoms with Crippen molar-refractivity contribution in [2.45, 2.75) is 31.6 Å². The first-order chi connectivity index (χ1) is 14.7. The van der Waals surface area contributed by atoms with E-state index >= 15 is 0 Å². The van der Waals surface area contributed by atoms with Gasteiger partial charge in [0.05, 0.1) is 15.6 Å². The summed E-state index contributed by atoms with van der Waals surface area (Å²) in [5.41, 5.74) is 0.628. The summed E-state index contributed by atoms with van der Waals surface area (Å²) in [4.78, 5) is 15.1. The Bertz CT molecular complexity index is 988. The number of piperidine rings is 1. The molecule has 3 rings (SSSR count). The highest BCUT2D eigenvalue weighted by Gasteiger charge is 2.21. The van der Waals surface area contributed by atoms with Gasteiger partial charge in [-0.05, 0) is 61.6 Å². The third-order valence-electron chi connectivity index (χ3n) is 5.41. The van der Waals surface area contributed by atoms with Crippen LogP contribution in [0.3, 0.4) is 0 Å². The normalized spacial score (nSPS) is 19.7. The predicted octanol–water partition coefficient (Wildman–Crippen LogP) is 4.24. The second kappa shape index (κ2) is 10.5. The first kappa shape index (κ1) is 23.6. The number of amides is 1. The Morgan fingerprint density at radius 3 is 2.42 bits per heavy atom. The molecule has 2 N–H and O–H groups in total. The zero-order chi connectivity index (χ0) is 22.4. The summed E-state index contributed by atoms with van der Waals surface area (Å²) in [5.74, 6) is 1.22. The van der Waals surface area contributed by atoms with Gasteiger partial charge in [0.25, 0.3) is 15.9 Å². The molecule has 1 aliphatic heterocycles. The molecule has 0 spiro atoms. The summed E-state index contributed by atoms with van der Waals surface area (Å²) >= 11 is 6.24. The van der Waals surface area contributed by atoms with Gasteiger partial charge in [0, 0.05) is 25.2 Å². The van der Waals surface area contributed by atoms with Crippen molar-refractivity contribution in [1.82, 2.24) is 10.2 Å². The molecule has 1 heterocycles. The van der Waals surface area contributed by atoms with E-state index < -0.39 is 10.0 Å². The van der Waals surface area contributed by atoms with Crippen molar-refractivity contribution in [2.75, 3.05) is 30.9 Å². The number of carbonyl (C=O) groups is 1. The molecule has 0 saturated carbocycles. The first-order valence-electron chi connectivity index (χ1n) is 10.6. The van der Waals surface area contributed by atoms with Gasteiger partial charge in [-0.3, -0.25) is 9.52 Å². The van der Waals surface area contributed by atoms with E-state index in [1.807, 2.05) is 0 Å². The van der Waals surface area contributed by atoms with E-state index in [1.54, 1.807) is 24.3 Å². The van der Waals surface area contributed by atoms with E-state index in [4.69, 9.17) is 11.6 Å². The maximum atomic E-state index is 12.5. The summed E-state index contributed by atoms with van der Waals surface area (Å²) in [7, 11) is -3.74. The zero-order valence-electron chi connectivity index (χ0n) is 18.0. The molecule has 168 valence electrons. The van der Waals surface area contributed by atoms with Gasteiger partial charge in [-0.2, -0.15) is 0 Å². The summed E-state index contributed by atoms with van der Waals surface area (Å²) in [6, 6.07) is 12.6. The standard InChI is InChI=1S/C23H30ClN3O3S/c1-17-13-18(2)16-27(15-17)12-6-11-25-23(28)19-9-10-22(21(24)14-19)26-31(29,30)20-7-4-3-5-8-20/h3-5,7-10,14,17-18,26H,6,11-13,15-16H2,1-2H3,(H,25,28)/t17-,18-/m0/s1. The van der Waals surface area contributed by atoms with Gasteiger partial charge in [-0.1, -0.05) is 43.6 Å². The third-order valence-corrected chi connectivity index (χ3v) is 7.10. The predicted molar refractivity (Wildman–Crippen MR) is 125 cm³/mol. The van der Waals surface area contributed by atoms with Crippen molar-refractivity contribution < 1.29 is 13.2 Å². The number of rotatable bonds is 8. The smallest absolute Gasteiger partial charge is 0.261 e. The largest absolute Gasteiger partial charge is 0.352 e. The molecule has 1 fully saturated rings. The van der Waals surface area contributed by atoms with Crippen LogP contribution >= 0.6 is 11.6 Å². The van der Waals surface area contributed by atoms with Crippen molar-refractivity contribution in [1.29, 1.82) is 0 Å². The van der Waals surface area contributed by atoms with Crippen LogP contribution in [0.5, 0.6) is 0 Å². The van der Waals surface area contributed by atoms with Gasteiger partial charge in [0.1, 0.15) is 0 Å². The lowest BCUT2D eigenvalue weighted by Crippen LogP contribution is -2.40. The van der Waals surface area contributed by atoms with Crippen molar-refractivity contribution >= 4 is 33.2 Å². The van der Waals surface area contributed by atoms with Gasteiger partial charge in [0.2, 0.25) is 0 Å². The van der Waals surface area contributed by atoms with E-state index in [1.165, 1.54) is 30.7 Å². The Balaban J connectivity index is 1.51. The van der Waals surface area contributed by atoms with Crippen molar-refractivity contribution in [3.05, 3.63) is 59.1 Å². The van der Waals surface area contributed by atoms with Crippen LogP contribution in [0.25, 0.3) is 0 Å². The van der Waals surface area contributed by atoms with Crippen LogP contribution in [-0.4, -0.2) is 45.4 Å². The number of benzene rings is 2. The highest BCUT2D eigenvalue weighted by molar-refractivity contribution is 7.92. The molecular weight excluding hydrogens is 434 g/mol. The van der Waals surface area contributed by atoms with E-state index in [0.717, 1.165) is 37.9 Å². The average molecular weight is 464 g/mol. The van der Waals surface area contributed by atoms with Crippen LogP contribution in [-0.2, 0) is 10.0 Å². The molecule has 0 bridgehead atoms. The van der Waals surface area contributed by atoms with E-state index in [-0.39, 0.29) is 21.5 Å².